The number of nitrogens with one attached hydrogen (secondary N) is 2. The van der Waals surface area contributed by atoms with Gasteiger partial charge in [-0.15, -0.1) is 0 Å². The quantitative estimate of drug-likeness (QED) is 0.573. The lowest BCUT2D eigenvalue weighted by Gasteiger charge is -2.35. The number of rotatable bonds is 6. The predicted molar refractivity (Wildman–Crippen MR) is 111 cm³/mol. The van der Waals surface area contributed by atoms with Crippen molar-refractivity contribution in [2.24, 2.45) is 4.99 Å². The standard InChI is InChI=1S/C21H26ClFN4O/c1-24-21(25-14-17-4-2-3-5-19(17)23)26-15-20(27-10-12-28-13-11-27)16-6-8-18(22)9-7-16/h2-9,20H,10-15H2,1H3,(H2,24,25,26). The molecule has 1 heterocycles. The Hall–Kier alpha value is -2.15. The van der Waals surface area contributed by atoms with E-state index in [0.717, 1.165) is 31.3 Å². The van der Waals surface area contributed by atoms with E-state index in [9.17, 15) is 4.39 Å². The lowest BCUT2D eigenvalue weighted by Crippen LogP contribution is -2.46. The highest BCUT2D eigenvalue weighted by Gasteiger charge is 2.23. The topological polar surface area (TPSA) is 48.9 Å². The highest BCUT2D eigenvalue weighted by atomic mass is 35.5. The van der Waals surface area contributed by atoms with Crippen LogP contribution in [0.15, 0.2) is 53.5 Å². The van der Waals surface area contributed by atoms with Crippen LogP contribution in [0.2, 0.25) is 5.02 Å². The van der Waals surface area contributed by atoms with Gasteiger partial charge in [0.25, 0.3) is 0 Å². The van der Waals surface area contributed by atoms with E-state index in [1.54, 1.807) is 19.2 Å². The molecule has 150 valence electrons. The summed E-state index contributed by atoms with van der Waals surface area (Å²) in [7, 11) is 1.71. The van der Waals surface area contributed by atoms with Crippen molar-refractivity contribution in [1.82, 2.24) is 15.5 Å². The Morgan fingerprint density at radius 2 is 1.86 bits per heavy atom. The molecule has 0 aliphatic carbocycles. The molecule has 0 bridgehead atoms. The Bertz CT molecular complexity index is 778. The van der Waals surface area contributed by atoms with Crippen molar-refractivity contribution in [3.8, 4) is 0 Å². The van der Waals surface area contributed by atoms with E-state index in [1.807, 2.05) is 18.2 Å². The van der Waals surface area contributed by atoms with E-state index < -0.39 is 0 Å². The lowest BCUT2D eigenvalue weighted by atomic mass is 10.0. The van der Waals surface area contributed by atoms with Crippen molar-refractivity contribution in [2.75, 3.05) is 39.9 Å². The smallest absolute Gasteiger partial charge is 0.191 e. The molecular formula is C21H26ClFN4O. The van der Waals surface area contributed by atoms with Gasteiger partial charge in [-0.3, -0.25) is 9.89 Å². The summed E-state index contributed by atoms with van der Waals surface area (Å²) < 4.78 is 19.3. The van der Waals surface area contributed by atoms with Crippen LogP contribution in [0.3, 0.4) is 0 Å². The zero-order valence-corrected chi connectivity index (χ0v) is 16.8. The summed E-state index contributed by atoms with van der Waals surface area (Å²) in [5, 5.41) is 7.27. The lowest BCUT2D eigenvalue weighted by molar-refractivity contribution is 0.0170. The summed E-state index contributed by atoms with van der Waals surface area (Å²) in [6.07, 6.45) is 0. The second-order valence-electron chi connectivity index (χ2n) is 6.61. The number of ether oxygens (including phenoxy) is 1. The molecule has 1 aliphatic heterocycles. The molecule has 2 aromatic rings. The molecule has 0 amide bonds. The van der Waals surface area contributed by atoms with E-state index in [1.165, 1.54) is 11.6 Å². The molecule has 7 heteroatoms. The maximum Gasteiger partial charge on any atom is 0.191 e. The summed E-state index contributed by atoms with van der Waals surface area (Å²) in [5.74, 6) is 0.410. The zero-order chi connectivity index (χ0) is 19.8. The molecule has 2 N–H and O–H groups in total. The van der Waals surface area contributed by atoms with Crippen LogP contribution in [-0.4, -0.2) is 50.8 Å². The molecule has 0 saturated carbocycles. The van der Waals surface area contributed by atoms with Crippen LogP contribution in [0.4, 0.5) is 4.39 Å². The molecule has 1 atom stereocenters. The maximum absolute atomic E-state index is 13.8. The highest BCUT2D eigenvalue weighted by molar-refractivity contribution is 6.30. The SMILES string of the molecule is CN=C(NCc1ccccc1F)NCC(c1ccc(Cl)cc1)N1CCOCC1. The van der Waals surface area contributed by atoms with Crippen LogP contribution in [-0.2, 0) is 11.3 Å². The monoisotopic (exact) mass is 404 g/mol. The molecule has 2 aromatic carbocycles. The predicted octanol–water partition coefficient (Wildman–Crippen LogP) is 3.22. The van der Waals surface area contributed by atoms with Gasteiger partial charge in [0.15, 0.2) is 5.96 Å². The minimum atomic E-state index is -0.224. The summed E-state index contributed by atoms with van der Waals surface area (Å²) in [4.78, 5) is 6.66. The van der Waals surface area contributed by atoms with Gasteiger partial charge in [0.2, 0.25) is 0 Å². The maximum atomic E-state index is 13.8. The van der Waals surface area contributed by atoms with Crippen LogP contribution >= 0.6 is 11.6 Å². The number of hydrogen-bond donors (Lipinski definition) is 2. The molecule has 5 nitrogen and oxygen atoms in total. The molecule has 1 aliphatic rings. The average molecular weight is 405 g/mol. The van der Waals surface area contributed by atoms with Crippen molar-refractivity contribution >= 4 is 17.6 Å². The average Bonchev–Trinajstić information content (AvgIpc) is 2.73. The number of guanidine groups is 1. The van der Waals surface area contributed by atoms with Crippen LogP contribution in [0.1, 0.15) is 17.2 Å². The van der Waals surface area contributed by atoms with Crippen molar-refractivity contribution in [1.29, 1.82) is 0 Å². The minimum Gasteiger partial charge on any atom is -0.379 e. The van der Waals surface area contributed by atoms with Gasteiger partial charge >= 0.3 is 0 Å². The fourth-order valence-electron chi connectivity index (χ4n) is 3.27. The van der Waals surface area contributed by atoms with Gasteiger partial charge in [-0.2, -0.15) is 0 Å². The van der Waals surface area contributed by atoms with Gasteiger partial charge in [0.1, 0.15) is 5.82 Å². The molecule has 1 saturated heterocycles. The zero-order valence-electron chi connectivity index (χ0n) is 16.0. The summed E-state index contributed by atoms with van der Waals surface area (Å²) >= 11 is 6.06. The van der Waals surface area contributed by atoms with Crippen molar-refractivity contribution < 1.29 is 9.13 Å². The third kappa shape index (κ3) is 5.67. The first-order valence-electron chi connectivity index (χ1n) is 9.42. The van der Waals surface area contributed by atoms with Gasteiger partial charge in [-0.25, -0.2) is 4.39 Å². The minimum absolute atomic E-state index is 0.160. The summed E-state index contributed by atoms with van der Waals surface area (Å²) in [5.41, 5.74) is 1.79. The first kappa shape index (κ1) is 20.6. The third-order valence-electron chi connectivity index (χ3n) is 4.83. The Labute approximate surface area is 170 Å². The van der Waals surface area contributed by atoms with E-state index in [2.05, 4.69) is 32.7 Å². The van der Waals surface area contributed by atoms with Crippen LogP contribution in [0.5, 0.6) is 0 Å². The van der Waals surface area contributed by atoms with Gasteiger partial charge < -0.3 is 15.4 Å². The Morgan fingerprint density at radius 3 is 2.54 bits per heavy atom. The first-order chi connectivity index (χ1) is 13.7. The van der Waals surface area contributed by atoms with Crippen LogP contribution in [0, 0.1) is 5.82 Å². The van der Waals surface area contributed by atoms with Crippen LogP contribution < -0.4 is 10.6 Å². The Kier molecular flexibility index (Phi) is 7.65. The number of nitrogens with zero attached hydrogens (tertiary/aromatic N) is 2. The number of aliphatic imine (C=N–C) groups is 1. The van der Waals surface area contributed by atoms with E-state index in [4.69, 9.17) is 16.3 Å². The Morgan fingerprint density at radius 1 is 1.14 bits per heavy atom. The molecule has 1 fully saturated rings. The molecule has 0 aromatic heterocycles. The molecule has 28 heavy (non-hydrogen) atoms. The molecule has 1 unspecified atom stereocenters. The fraction of sp³-hybridized carbons (Fsp3) is 0.381. The molecule has 0 radical (unpaired) electrons. The second-order valence-corrected chi connectivity index (χ2v) is 7.05. The molecule has 0 spiro atoms. The van der Waals surface area contributed by atoms with E-state index in [-0.39, 0.29) is 11.9 Å². The van der Waals surface area contributed by atoms with Gasteiger partial charge in [0.05, 0.1) is 19.3 Å². The Balaban J connectivity index is 1.64. The normalized spacial score (nSPS) is 16.6. The van der Waals surface area contributed by atoms with Gasteiger partial charge in [-0.1, -0.05) is 41.9 Å². The number of hydrogen-bond acceptors (Lipinski definition) is 3. The van der Waals surface area contributed by atoms with E-state index >= 15 is 0 Å². The van der Waals surface area contributed by atoms with Crippen LogP contribution in [0.25, 0.3) is 0 Å². The largest absolute Gasteiger partial charge is 0.379 e. The van der Waals surface area contributed by atoms with Gasteiger partial charge in [0, 0.05) is 43.8 Å². The molecule has 3 rings (SSSR count). The van der Waals surface area contributed by atoms with Gasteiger partial charge in [-0.05, 0) is 23.8 Å². The number of benzene rings is 2. The molecular weight excluding hydrogens is 379 g/mol. The van der Waals surface area contributed by atoms with Crippen molar-refractivity contribution in [3.63, 3.8) is 0 Å². The van der Waals surface area contributed by atoms with Crippen molar-refractivity contribution in [2.45, 2.75) is 12.6 Å². The number of morpholine rings is 1. The summed E-state index contributed by atoms with van der Waals surface area (Å²) in [6, 6.07) is 14.8. The van der Waals surface area contributed by atoms with E-state index in [0.29, 0.717) is 24.6 Å². The second kappa shape index (κ2) is 10.4. The summed E-state index contributed by atoms with van der Waals surface area (Å²) in [6.45, 7) is 4.23. The third-order valence-corrected chi connectivity index (χ3v) is 5.08. The highest BCUT2D eigenvalue weighted by Crippen LogP contribution is 2.23. The van der Waals surface area contributed by atoms with Crippen molar-refractivity contribution in [3.05, 3.63) is 70.5 Å². The first-order valence-corrected chi connectivity index (χ1v) is 9.80. The fourth-order valence-corrected chi connectivity index (χ4v) is 3.39. The number of halogens is 2.